The maximum atomic E-state index is 5.05. The van der Waals surface area contributed by atoms with Crippen molar-refractivity contribution >= 4 is 21.8 Å². The van der Waals surface area contributed by atoms with E-state index in [2.05, 4.69) is 125 Å². The molecule has 0 aliphatic heterocycles. The molecular weight excluding hydrogens is 524 g/mol. The summed E-state index contributed by atoms with van der Waals surface area (Å²) in [5.41, 5.74) is 10.6. The van der Waals surface area contributed by atoms with Crippen LogP contribution in [-0.4, -0.2) is 19.5 Å². The molecule has 0 aliphatic carbocycles. The van der Waals surface area contributed by atoms with Gasteiger partial charge in [0, 0.05) is 45.5 Å². The van der Waals surface area contributed by atoms with Gasteiger partial charge in [-0.1, -0.05) is 97.1 Å². The number of fused-ring (bicyclic) bond motifs is 3. The first kappa shape index (κ1) is 24.9. The number of benzene rings is 5. The fraction of sp³-hybridized carbons (Fsp3) is 0. The van der Waals surface area contributed by atoms with Gasteiger partial charge in [0.1, 0.15) is 0 Å². The van der Waals surface area contributed by atoms with E-state index in [1.807, 2.05) is 42.7 Å². The second-order valence-corrected chi connectivity index (χ2v) is 10.6. The predicted molar refractivity (Wildman–Crippen MR) is 176 cm³/mol. The van der Waals surface area contributed by atoms with E-state index in [-0.39, 0.29) is 0 Å². The first-order chi connectivity index (χ1) is 21.3. The van der Waals surface area contributed by atoms with Crippen molar-refractivity contribution in [2.75, 3.05) is 0 Å². The maximum Gasteiger partial charge on any atom is 0.160 e. The lowest BCUT2D eigenvalue weighted by Crippen LogP contribution is -1.97. The second kappa shape index (κ2) is 10.5. The molecule has 202 valence electrons. The highest BCUT2D eigenvalue weighted by molar-refractivity contribution is 6.09. The molecule has 8 rings (SSSR count). The topological polar surface area (TPSA) is 43.6 Å². The number of aromatic nitrogens is 4. The Labute approximate surface area is 249 Å². The fourth-order valence-electron chi connectivity index (χ4n) is 5.84. The van der Waals surface area contributed by atoms with Crippen molar-refractivity contribution < 1.29 is 0 Å². The number of rotatable bonds is 5. The van der Waals surface area contributed by atoms with E-state index in [1.54, 1.807) is 0 Å². The van der Waals surface area contributed by atoms with Crippen LogP contribution in [0.15, 0.2) is 158 Å². The predicted octanol–water partition coefficient (Wildman–Crippen LogP) is 9.64. The highest BCUT2D eigenvalue weighted by Crippen LogP contribution is 2.34. The first-order valence-corrected chi connectivity index (χ1v) is 14.4. The molecule has 4 nitrogen and oxygen atoms in total. The molecule has 0 aliphatic rings. The summed E-state index contributed by atoms with van der Waals surface area (Å²) < 4.78 is 2.33. The smallest absolute Gasteiger partial charge is 0.160 e. The van der Waals surface area contributed by atoms with Crippen LogP contribution in [0.4, 0.5) is 0 Å². The van der Waals surface area contributed by atoms with Gasteiger partial charge in [0.05, 0.1) is 22.4 Å². The zero-order valence-electron chi connectivity index (χ0n) is 23.3. The van der Waals surface area contributed by atoms with Gasteiger partial charge < -0.3 is 4.57 Å². The van der Waals surface area contributed by atoms with Crippen molar-refractivity contribution in [2.45, 2.75) is 0 Å². The van der Waals surface area contributed by atoms with Crippen molar-refractivity contribution in [1.82, 2.24) is 19.5 Å². The number of para-hydroxylation sites is 2. The van der Waals surface area contributed by atoms with Gasteiger partial charge >= 0.3 is 0 Å². The van der Waals surface area contributed by atoms with E-state index in [1.165, 1.54) is 21.8 Å². The van der Waals surface area contributed by atoms with Crippen molar-refractivity contribution in [1.29, 1.82) is 0 Å². The number of nitrogens with zero attached hydrogens (tertiary/aromatic N) is 4. The number of pyridine rings is 1. The van der Waals surface area contributed by atoms with Crippen LogP contribution in [0.3, 0.4) is 0 Å². The van der Waals surface area contributed by atoms with Gasteiger partial charge in [-0.3, -0.25) is 4.98 Å². The Bertz CT molecular complexity index is 2160. The lowest BCUT2D eigenvalue weighted by atomic mass is 10.0. The van der Waals surface area contributed by atoms with Crippen molar-refractivity contribution in [2.24, 2.45) is 0 Å². The first-order valence-electron chi connectivity index (χ1n) is 14.4. The molecular formula is C39H26N4. The van der Waals surface area contributed by atoms with Crippen LogP contribution >= 0.6 is 0 Å². The lowest BCUT2D eigenvalue weighted by Gasteiger charge is -2.12. The monoisotopic (exact) mass is 550 g/mol. The standard InChI is InChI=1S/C39H26N4/c1-2-9-29(10-3-1)39-41-35(26-36(42-39)31-12-8-11-30(25-31)27-21-23-40-24-22-27)28-17-19-32(20-18-28)43-37-15-6-4-13-33(37)34-14-5-7-16-38(34)43/h1-26H. The SMILES string of the molecule is c1ccc(-c2nc(-c3ccc(-n4c5ccccc5c5ccccc54)cc3)cc(-c3cccc(-c4ccncc4)c3)n2)cc1. The van der Waals surface area contributed by atoms with E-state index >= 15 is 0 Å². The van der Waals surface area contributed by atoms with E-state index in [0.717, 1.165) is 44.9 Å². The van der Waals surface area contributed by atoms with Crippen molar-refractivity contribution in [3.05, 3.63) is 158 Å². The zero-order valence-corrected chi connectivity index (χ0v) is 23.3. The third-order valence-electron chi connectivity index (χ3n) is 7.93. The molecule has 3 aromatic heterocycles. The van der Waals surface area contributed by atoms with Crippen LogP contribution in [0.2, 0.25) is 0 Å². The average Bonchev–Trinajstić information content (AvgIpc) is 3.43. The molecule has 43 heavy (non-hydrogen) atoms. The third kappa shape index (κ3) is 4.55. The van der Waals surface area contributed by atoms with Gasteiger partial charge in [-0.05, 0) is 59.7 Å². The molecule has 0 radical (unpaired) electrons. The Morgan fingerprint density at radius 1 is 0.395 bits per heavy atom. The van der Waals surface area contributed by atoms with Gasteiger partial charge in [-0.15, -0.1) is 0 Å². The van der Waals surface area contributed by atoms with Gasteiger partial charge in [0.15, 0.2) is 5.82 Å². The summed E-state index contributed by atoms with van der Waals surface area (Å²) in [6.45, 7) is 0. The molecule has 0 saturated carbocycles. The van der Waals surface area contributed by atoms with Crippen LogP contribution in [-0.2, 0) is 0 Å². The Hall–Kier alpha value is -5.87. The Morgan fingerprint density at radius 2 is 0.977 bits per heavy atom. The van der Waals surface area contributed by atoms with Gasteiger partial charge in [0.2, 0.25) is 0 Å². The molecule has 5 aromatic carbocycles. The van der Waals surface area contributed by atoms with E-state index in [9.17, 15) is 0 Å². The summed E-state index contributed by atoms with van der Waals surface area (Å²) in [6.07, 6.45) is 3.64. The molecule has 0 spiro atoms. The average molecular weight is 551 g/mol. The minimum Gasteiger partial charge on any atom is -0.309 e. The second-order valence-electron chi connectivity index (χ2n) is 10.6. The number of hydrogen-bond acceptors (Lipinski definition) is 3. The molecule has 0 amide bonds. The van der Waals surface area contributed by atoms with Gasteiger partial charge in [0.25, 0.3) is 0 Å². The summed E-state index contributed by atoms with van der Waals surface area (Å²) in [5.74, 6) is 0.703. The molecule has 3 heterocycles. The fourth-order valence-corrected chi connectivity index (χ4v) is 5.84. The van der Waals surface area contributed by atoms with Crippen LogP contribution in [0.1, 0.15) is 0 Å². The molecule has 0 fully saturated rings. The summed E-state index contributed by atoms with van der Waals surface area (Å²) in [5, 5.41) is 2.51. The van der Waals surface area contributed by atoms with E-state index in [4.69, 9.17) is 9.97 Å². The van der Waals surface area contributed by atoms with Crippen LogP contribution in [0, 0.1) is 0 Å². The van der Waals surface area contributed by atoms with Crippen LogP contribution in [0.5, 0.6) is 0 Å². The minimum absolute atomic E-state index is 0.703. The molecule has 8 aromatic rings. The number of hydrogen-bond donors (Lipinski definition) is 0. The minimum atomic E-state index is 0.703. The summed E-state index contributed by atoms with van der Waals surface area (Å²) >= 11 is 0. The zero-order chi connectivity index (χ0) is 28.6. The van der Waals surface area contributed by atoms with Crippen molar-refractivity contribution in [3.8, 4) is 50.7 Å². The molecule has 0 atom stereocenters. The quantitative estimate of drug-likeness (QED) is 0.214. The highest BCUT2D eigenvalue weighted by atomic mass is 15.0. The Morgan fingerprint density at radius 3 is 1.67 bits per heavy atom. The maximum absolute atomic E-state index is 5.05. The summed E-state index contributed by atoms with van der Waals surface area (Å²) in [6, 6.07) is 50.7. The van der Waals surface area contributed by atoms with Crippen LogP contribution in [0.25, 0.3) is 72.5 Å². The van der Waals surface area contributed by atoms with Gasteiger partial charge in [-0.2, -0.15) is 0 Å². The van der Waals surface area contributed by atoms with Gasteiger partial charge in [-0.25, -0.2) is 9.97 Å². The van der Waals surface area contributed by atoms with E-state index < -0.39 is 0 Å². The lowest BCUT2D eigenvalue weighted by molar-refractivity contribution is 1.17. The third-order valence-corrected chi connectivity index (χ3v) is 7.93. The molecule has 0 unspecified atom stereocenters. The largest absolute Gasteiger partial charge is 0.309 e. The highest BCUT2D eigenvalue weighted by Gasteiger charge is 2.14. The summed E-state index contributed by atoms with van der Waals surface area (Å²) in [4.78, 5) is 14.3. The van der Waals surface area contributed by atoms with Crippen LogP contribution < -0.4 is 0 Å². The summed E-state index contributed by atoms with van der Waals surface area (Å²) in [7, 11) is 0. The molecule has 0 N–H and O–H groups in total. The van der Waals surface area contributed by atoms with Crippen molar-refractivity contribution in [3.63, 3.8) is 0 Å². The Kier molecular flexibility index (Phi) is 6.08. The molecule has 0 saturated heterocycles. The Balaban J connectivity index is 1.25. The molecule has 0 bridgehead atoms. The van der Waals surface area contributed by atoms with E-state index in [0.29, 0.717) is 5.82 Å². The molecule has 4 heteroatoms. The normalized spacial score (nSPS) is 11.3.